The van der Waals surface area contributed by atoms with Crippen LogP contribution in [0, 0.1) is 13.8 Å². The summed E-state index contributed by atoms with van der Waals surface area (Å²) >= 11 is 0. The lowest BCUT2D eigenvalue weighted by Gasteiger charge is -2.18. The topological polar surface area (TPSA) is 159 Å². The van der Waals surface area contributed by atoms with E-state index in [1.54, 1.807) is 17.6 Å². The summed E-state index contributed by atoms with van der Waals surface area (Å²) in [5, 5.41) is 3.08. The van der Waals surface area contributed by atoms with Crippen LogP contribution in [0.2, 0.25) is 0 Å². The zero-order chi connectivity index (χ0) is 28.1. The van der Waals surface area contributed by atoms with E-state index in [1.807, 2.05) is 33.8 Å². The molecule has 0 spiro atoms. The standard InChI is InChI=1S/C27H32N8O3S/c1-6-39(37,38)19-10-9-18(29-13-19)12-30-24-26(36)35(14(2)3)25-20(32-24)11-15(4)22(33-25)21-16(5)31-27(28)34-23(21)17-7-8-17/h9-11,13-14,17H,6-8,12H2,1-5H3,(H,30,32)(H2,28,31,34). The van der Waals surface area contributed by atoms with Crippen molar-refractivity contribution < 1.29 is 8.42 Å². The van der Waals surface area contributed by atoms with Gasteiger partial charge in [-0.1, -0.05) is 6.92 Å². The number of hydrogen-bond acceptors (Lipinski definition) is 10. The minimum absolute atomic E-state index is 0.00398. The van der Waals surface area contributed by atoms with Crippen molar-refractivity contribution in [2.75, 3.05) is 16.8 Å². The van der Waals surface area contributed by atoms with Gasteiger partial charge in [-0.2, -0.15) is 0 Å². The fraction of sp³-hybridized carbons (Fsp3) is 0.407. The van der Waals surface area contributed by atoms with Crippen molar-refractivity contribution in [1.82, 2.24) is 29.5 Å². The van der Waals surface area contributed by atoms with Crippen molar-refractivity contribution in [3.63, 3.8) is 0 Å². The van der Waals surface area contributed by atoms with Crippen LogP contribution in [0.5, 0.6) is 0 Å². The first-order valence-corrected chi connectivity index (χ1v) is 14.6. The van der Waals surface area contributed by atoms with E-state index in [4.69, 9.17) is 10.7 Å². The summed E-state index contributed by atoms with van der Waals surface area (Å²) in [6.45, 7) is 9.51. The summed E-state index contributed by atoms with van der Waals surface area (Å²) in [7, 11) is -3.33. The highest BCUT2D eigenvalue weighted by atomic mass is 32.2. The normalized spacial score (nSPS) is 13.8. The Labute approximate surface area is 226 Å². The number of nitrogen functional groups attached to an aromatic ring is 1. The Hall–Kier alpha value is -3.93. The van der Waals surface area contributed by atoms with Crippen LogP contribution in [0.15, 0.2) is 34.1 Å². The third-order valence-corrected chi connectivity index (χ3v) is 8.60. The predicted molar refractivity (Wildman–Crippen MR) is 150 cm³/mol. The van der Waals surface area contributed by atoms with Crippen LogP contribution in [-0.2, 0) is 16.4 Å². The van der Waals surface area contributed by atoms with Crippen LogP contribution < -0.4 is 16.6 Å². The van der Waals surface area contributed by atoms with E-state index in [1.165, 1.54) is 12.3 Å². The van der Waals surface area contributed by atoms with E-state index in [0.717, 1.165) is 41.1 Å². The number of pyridine rings is 2. The molecule has 4 heterocycles. The maximum absolute atomic E-state index is 13.6. The van der Waals surface area contributed by atoms with Gasteiger partial charge >= 0.3 is 0 Å². The zero-order valence-corrected chi connectivity index (χ0v) is 23.5. The van der Waals surface area contributed by atoms with E-state index >= 15 is 0 Å². The highest BCUT2D eigenvalue weighted by molar-refractivity contribution is 7.91. The van der Waals surface area contributed by atoms with E-state index < -0.39 is 9.84 Å². The van der Waals surface area contributed by atoms with Gasteiger partial charge in [0.15, 0.2) is 21.3 Å². The Morgan fingerprint density at radius 3 is 2.49 bits per heavy atom. The summed E-state index contributed by atoms with van der Waals surface area (Å²) in [6.07, 6.45) is 3.44. The molecule has 0 unspecified atom stereocenters. The highest BCUT2D eigenvalue weighted by Crippen LogP contribution is 2.44. The number of nitrogens with zero attached hydrogens (tertiary/aromatic N) is 6. The lowest BCUT2D eigenvalue weighted by atomic mass is 10.0. The molecule has 3 N–H and O–H groups in total. The molecule has 204 valence electrons. The average Bonchev–Trinajstić information content (AvgIpc) is 3.73. The molecule has 0 amide bonds. The molecule has 5 rings (SSSR count). The summed E-state index contributed by atoms with van der Waals surface area (Å²) in [5.41, 5.74) is 11.5. The molecule has 0 radical (unpaired) electrons. The van der Waals surface area contributed by atoms with Crippen molar-refractivity contribution in [3.8, 4) is 11.3 Å². The second kappa shape index (κ2) is 9.99. The maximum Gasteiger partial charge on any atom is 0.295 e. The van der Waals surface area contributed by atoms with Gasteiger partial charge in [0.05, 0.1) is 40.0 Å². The first kappa shape index (κ1) is 26.7. The fourth-order valence-corrected chi connectivity index (χ4v) is 5.50. The quantitative estimate of drug-likeness (QED) is 0.332. The van der Waals surface area contributed by atoms with Gasteiger partial charge in [-0.3, -0.25) is 14.3 Å². The molecule has 0 aromatic carbocycles. The summed E-state index contributed by atoms with van der Waals surface area (Å²) in [4.78, 5) is 36.5. The van der Waals surface area contributed by atoms with Crippen LogP contribution >= 0.6 is 0 Å². The zero-order valence-electron chi connectivity index (χ0n) is 22.7. The smallest absolute Gasteiger partial charge is 0.295 e. The van der Waals surface area contributed by atoms with Crippen LogP contribution in [0.1, 0.15) is 68.2 Å². The van der Waals surface area contributed by atoms with Gasteiger partial charge < -0.3 is 11.1 Å². The highest BCUT2D eigenvalue weighted by Gasteiger charge is 2.31. The molecule has 1 fully saturated rings. The van der Waals surface area contributed by atoms with E-state index in [9.17, 15) is 13.2 Å². The van der Waals surface area contributed by atoms with Gasteiger partial charge in [-0.05, 0) is 64.3 Å². The van der Waals surface area contributed by atoms with Crippen LogP contribution in [-0.4, -0.2) is 43.7 Å². The van der Waals surface area contributed by atoms with Gasteiger partial charge in [0.1, 0.15) is 5.52 Å². The molecule has 0 atom stereocenters. The van der Waals surface area contributed by atoms with Crippen LogP contribution in [0.25, 0.3) is 22.4 Å². The third-order valence-electron chi connectivity index (χ3n) is 6.88. The van der Waals surface area contributed by atoms with E-state index in [2.05, 4.69) is 25.3 Å². The van der Waals surface area contributed by atoms with Crippen LogP contribution in [0.3, 0.4) is 0 Å². The Balaban J connectivity index is 1.56. The number of nitrogens with one attached hydrogen (secondary N) is 1. The number of aromatic nitrogens is 6. The number of nitrogens with two attached hydrogens (primary N) is 1. The molecule has 1 saturated carbocycles. The van der Waals surface area contributed by atoms with Crippen molar-refractivity contribution in [2.24, 2.45) is 0 Å². The van der Waals surface area contributed by atoms with Crippen LogP contribution in [0.4, 0.5) is 11.8 Å². The number of rotatable bonds is 8. The molecule has 1 aliphatic rings. The average molecular weight is 549 g/mol. The van der Waals surface area contributed by atoms with Gasteiger partial charge in [0.2, 0.25) is 5.95 Å². The van der Waals surface area contributed by atoms with Gasteiger partial charge in [-0.15, -0.1) is 0 Å². The van der Waals surface area contributed by atoms with Crippen molar-refractivity contribution >= 4 is 32.8 Å². The Morgan fingerprint density at radius 2 is 1.87 bits per heavy atom. The lowest BCUT2D eigenvalue weighted by Crippen LogP contribution is -2.27. The molecule has 4 aromatic rings. The molecule has 39 heavy (non-hydrogen) atoms. The monoisotopic (exact) mass is 548 g/mol. The largest absolute Gasteiger partial charge is 0.368 e. The summed E-state index contributed by atoms with van der Waals surface area (Å²) < 4.78 is 25.8. The molecule has 1 aliphatic carbocycles. The molecular weight excluding hydrogens is 516 g/mol. The van der Waals surface area contributed by atoms with Gasteiger partial charge in [0.25, 0.3) is 5.56 Å². The first-order valence-electron chi connectivity index (χ1n) is 13.0. The Bertz CT molecular complexity index is 1740. The minimum Gasteiger partial charge on any atom is -0.368 e. The first-order chi connectivity index (χ1) is 18.5. The fourth-order valence-electron chi connectivity index (χ4n) is 4.68. The summed E-state index contributed by atoms with van der Waals surface area (Å²) in [6, 6.07) is 4.90. The summed E-state index contributed by atoms with van der Waals surface area (Å²) in [5.74, 6) is 0.763. The SMILES string of the molecule is CCS(=O)(=O)c1ccc(CNc2nc3cc(C)c(-c4c(C)nc(N)nc4C4CC4)nc3n(C(C)C)c2=O)nc1. The van der Waals surface area contributed by atoms with Gasteiger partial charge in [-0.25, -0.2) is 28.4 Å². The number of fused-ring (bicyclic) bond motifs is 1. The van der Waals surface area contributed by atoms with Crippen molar-refractivity contribution in [3.05, 3.63) is 57.4 Å². The second-order valence-corrected chi connectivity index (χ2v) is 12.4. The predicted octanol–water partition coefficient (Wildman–Crippen LogP) is 3.71. The number of aryl methyl sites for hydroxylation is 2. The second-order valence-electron chi connectivity index (χ2n) is 10.2. The van der Waals surface area contributed by atoms with Gasteiger partial charge in [0, 0.05) is 23.7 Å². The molecule has 0 bridgehead atoms. The molecule has 12 heteroatoms. The number of hydrogen-bond donors (Lipinski definition) is 2. The van der Waals surface area contributed by atoms with E-state index in [0.29, 0.717) is 22.8 Å². The van der Waals surface area contributed by atoms with E-state index in [-0.39, 0.29) is 40.6 Å². The maximum atomic E-state index is 13.6. The minimum atomic E-state index is -3.33. The third kappa shape index (κ3) is 5.08. The van der Waals surface area contributed by atoms with Crippen molar-refractivity contribution in [2.45, 2.75) is 70.9 Å². The molecule has 0 saturated heterocycles. The van der Waals surface area contributed by atoms with Crippen molar-refractivity contribution in [1.29, 1.82) is 0 Å². The molecule has 4 aromatic heterocycles. The number of anilines is 2. The lowest BCUT2D eigenvalue weighted by molar-refractivity contribution is 0.593. The Morgan fingerprint density at radius 1 is 1.13 bits per heavy atom. The molecular formula is C27H32N8O3S. The number of sulfone groups is 1. The Kier molecular flexibility index (Phi) is 6.83. The molecule has 11 nitrogen and oxygen atoms in total. The molecule has 0 aliphatic heterocycles.